The molecule has 1 fully saturated rings. The summed E-state index contributed by atoms with van der Waals surface area (Å²) >= 11 is 1.70. The van der Waals surface area contributed by atoms with Crippen molar-refractivity contribution in [1.29, 1.82) is 0 Å². The fourth-order valence-electron chi connectivity index (χ4n) is 3.45. The highest BCUT2D eigenvalue weighted by Gasteiger charge is 2.38. The number of piperazine rings is 1. The van der Waals surface area contributed by atoms with Crippen molar-refractivity contribution >= 4 is 39.3 Å². The molecule has 1 aromatic carbocycles. The number of carbonyl (C=O) groups is 2. The molecule has 3 heterocycles. The molecule has 4 rings (SSSR count). The lowest BCUT2D eigenvalue weighted by atomic mass is 10.0. The van der Waals surface area contributed by atoms with Crippen LogP contribution in [0.1, 0.15) is 5.56 Å². The monoisotopic (exact) mass is 596 g/mol. The number of ether oxygens (including phenoxy) is 1. The Morgan fingerprint density at radius 1 is 0.950 bits per heavy atom. The van der Waals surface area contributed by atoms with Crippen molar-refractivity contribution < 1.29 is 50.9 Å². The summed E-state index contributed by atoms with van der Waals surface area (Å²) in [5, 5.41) is 17.6. The summed E-state index contributed by atoms with van der Waals surface area (Å²) < 4.78 is 68.7. The average Bonchev–Trinajstić information content (AvgIpc) is 3.32. The summed E-state index contributed by atoms with van der Waals surface area (Å²) in [5.74, 6) is -4.45. The van der Waals surface area contributed by atoms with Crippen molar-refractivity contribution in [2.24, 2.45) is 0 Å². The molecule has 2 aromatic heterocycles. The molecule has 0 amide bonds. The summed E-state index contributed by atoms with van der Waals surface area (Å²) in [5.41, 5.74) is 3.75. The number of benzene rings is 1. The SMILES string of the molecule is COCCN1CCN(c2ncnc3scc(-c4ccc(C)cc4)c23)CC1.O=C(O)C(F)(F)F.O=C(O)C(F)(F)F. The van der Waals surface area contributed by atoms with E-state index in [9.17, 15) is 26.3 Å². The predicted molar refractivity (Wildman–Crippen MR) is 135 cm³/mol. The van der Waals surface area contributed by atoms with Crippen LogP contribution < -0.4 is 4.90 Å². The third-order valence-electron chi connectivity index (χ3n) is 5.48. The molecule has 9 nitrogen and oxygen atoms in total. The average molecular weight is 597 g/mol. The number of nitrogens with zero attached hydrogens (tertiary/aromatic N) is 4. The zero-order valence-corrected chi connectivity index (χ0v) is 22.1. The first kappa shape index (κ1) is 32.7. The summed E-state index contributed by atoms with van der Waals surface area (Å²) in [6.45, 7) is 7.96. The number of anilines is 1. The van der Waals surface area contributed by atoms with E-state index in [-0.39, 0.29) is 0 Å². The molecule has 1 saturated heterocycles. The molecule has 0 atom stereocenters. The molecule has 0 aliphatic carbocycles. The molecule has 0 saturated carbocycles. The Bertz CT molecular complexity index is 1240. The van der Waals surface area contributed by atoms with E-state index in [1.807, 2.05) is 0 Å². The number of fused-ring (bicyclic) bond motifs is 1. The van der Waals surface area contributed by atoms with Crippen LogP contribution in [0.25, 0.3) is 21.3 Å². The van der Waals surface area contributed by atoms with Crippen LogP contribution in [0, 0.1) is 6.92 Å². The van der Waals surface area contributed by atoms with Gasteiger partial charge in [0.25, 0.3) is 0 Å². The second-order valence-corrected chi connectivity index (χ2v) is 9.18. The number of aliphatic carboxylic acids is 2. The van der Waals surface area contributed by atoms with Gasteiger partial charge < -0.3 is 19.8 Å². The summed E-state index contributed by atoms with van der Waals surface area (Å²) in [7, 11) is 1.76. The lowest BCUT2D eigenvalue weighted by Crippen LogP contribution is -2.47. The summed E-state index contributed by atoms with van der Waals surface area (Å²) in [4.78, 5) is 32.9. The van der Waals surface area contributed by atoms with E-state index in [1.165, 1.54) is 22.1 Å². The largest absolute Gasteiger partial charge is 0.490 e. The first-order chi connectivity index (χ1) is 18.6. The zero-order chi connectivity index (χ0) is 30.1. The molecule has 2 N–H and O–H groups in total. The van der Waals surface area contributed by atoms with Gasteiger partial charge in [0.1, 0.15) is 17.0 Å². The van der Waals surface area contributed by atoms with Crippen LogP contribution in [-0.4, -0.2) is 95.8 Å². The molecule has 1 aliphatic heterocycles. The van der Waals surface area contributed by atoms with Crippen LogP contribution in [0.15, 0.2) is 36.0 Å². The van der Waals surface area contributed by atoms with Crippen molar-refractivity contribution in [3.05, 3.63) is 41.5 Å². The molecule has 220 valence electrons. The number of hydrogen-bond acceptors (Lipinski definition) is 8. The Labute approximate surface area is 228 Å². The second-order valence-electron chi connectivity index (χ2n) is 8.32. The molecule has 40 heavy (non-hydrogen) atoms. The third-order valence-corrected chi connectivity index (χ3v) is 6.37. The molecular weight excluding hydrogens is 570 g/mol. The van der Waals surface area contributed by atoms with Gasteiger partial charge in [0.05, 0.1) is 12.0 Å². The highest BCUT2D eigenvalue weighted by molar-refractivity contribution is 7.17. The van der Waals surface area contributed by atoms with Crippen molar-refractivity contribution in [3.63, 3.8) is 0 Å². The Morgan fingerprint density at radius 3 is 1.95 bits per heavy atom. The topological polar surface area (TPSA) is 116 Å². The van der Waals surface area contributed by atoms with Crippen LogP contribution >= 0.6 is 11.3 Å². The minimum Gasteiger partial charge on any atom is -0.475 e. The Morgan fingerprint density at radius 2 is 1.48 bits per heavy atom. The molecule has 1 aliphatic rings. The maximum Gasteiger partial charge on any atom is 0.490 e. The van der Waals surface area contributed by atoms with Gasteiger partial charge in [-0.05, 0) is 12.5 Å². The highest BCUT2D eigenvalue weighted by Crippen LogP contribution is 2.38. The van der Waals surface area contributed by atoms with Gasteiger partial charge in [-0.1, -0.05) is 29.8 Å². The number of aryl methyl sites for hydroxylation is 1. The number of carboxylic acid groups (broad SMARTS) is 2. The van der Waals surface area contributed by atoms with Crippen LogP contribution in [-0.2, 0) is 14.3 Å². The van der Waals surface area contributed by atoms with E-state index in [0.29, 0.717) is 0 Å². The Hall–Kier alpha value is -3.50. The lowest BCUT2D eigenvalue weighted by molar-refractivity contribution is -0.193. The number of thiophene rings is 1. The molecular formula is C24H26F6N4O5S. The summed E-state index contributed by atoms with van der Waals surface area (Å²) in [6.07, 6.45) is -8.47. The van der Waals surface area contributed by atoms with E-state index in [1.54, 1.807) is 24.8 Å². The molecule has 3 aromatic rings. The molecule has 0 bridgehead atoms. The van der Waals surface area contributed by atoms with Crippen molar-refractivity contribution in [1.82, 2.24) is 14.9 Å². The van der Waals surface area contributed by atoms with Gasteiger partial charge in [-0.15, -0.1) is 11.3 Å². The van der Waals surface area contributed by atoms with Crippen LogP contribution in [0.4, 0.5) is 32.2 Å². The normalized spacial score (nSPS) is 14.2. The fraction of sp³-hybridized carbons (Fsp3) is 0.417. The van der Waals surface area contributed by atoms with Crippen molar-refractivity contribution in [2.45, 2.75) is 19.3 Å². The van der Waals surface area contributed by atoms with Gasteiger partial charge in [0.15, 0.2) is 0 Å². The van der Waals surface area contributed by atoms with Gasteiger partial charge in [0.2, 0.25) is 0 Å². The quantitative estimate of drug-likeness (QED) is 0.405. The van der Waals surface area contributed by atoms with E-state index in [2.05, 4.69) is 56.3 Å². The third kappa shape index (κ3) is 9.60. The molecule has 16 heteroatoms. The van der Waals surface area contributed by atoms with Crippen LogP contribution in [0.2, 0.25) is 0 Å². The van der Waals surface area contributed by atoms with Gasteiger partial charge in [-0.2, -0.15) is 26.3 Å². The predicted octanol–water partition coefficient (Wildman–Crippen LogP) is 4.70. The minimum atomic E-state index is -5.08. The first-order valence-corrected chi connectivity index (χ1v) is 12.4. The second kappa shape index (κ2) is 14.2. The number of carboxylic acids is 2. The Balaban J connectivity index is 0.000000333. The van der Waals surface area contributed by atoms with Gasteiger partial charge in [-0.3, -0.25) is 4.90 Å². The van der Waals surface area contributed by atoms with E-state index >= 15 is 0 Å². The van der Waals surface area contributed by atoms with E-state index < -0.39 is 24.3 Å². The van der Waals surface area contributed by atoms with E-state index in [0.717, 1.165) is 50.0 Å². The maximum atomic E-state index is 10.6. The Kier molecular flexibility index (Phi) is 11.6. The van der Waals surface area contributed by atoms with Crippen LogP contribution in [0.3, 0.4) is 0 Å². The van der Waals surface area contributed by atoms with Gasteiger partial charge >= 0.3 is 24.3 Å². The van der Waals surface area contributed by atoms with Crippen molar-refractivity contribution in [2.75, 3.05) is 51.3 Å². The lowest BCUT2D eigenvalue weighted by Gasteiger charge is -2.35. The summed E-state index contributed by atoms with van der Waals surface area (Å²) in [6, 6.07) is 8.71. The van der Waals surface area contributed by atoms with E-state index in [4.69, 9.17) is 24.5 Å². The van der Waals surface area contributed by atoms with Crippen molar-refractivity contribution in [3.8, 4) is 11.1 Å². The van der Waals surface area contributed by atoms with Crippen LogP contribution in [0.5, 0.6) is 0 Å². The number of hydrogen-bond donors (Lipinski definition) is 2. The number of rotatable bonds is 5. The molecule has 0 unspecified atom stereocenters. The van der Waals surface area contributed by atoms with Gasteiger partial charge in [-0.25, -0.2) is 19.6 Å². The fourth-order valence-corrected chi connectivity index (χ4v) is 4.36. The zero-order valence-electron chi connectivity index (χ0n) is 21.3. The number of halogens is 6. The molecule has 0 radical (unpaired) electrons. The smallest absolute Gasteiger partial charge is 0.475 e. The number of aromatic nitrogens is 2. The first-order valence-electron chi connectivity index (χ1n) is 11.5. The number of alkyl halides is 6. The van der Waals surface area contributed by atoms with Gasteiger partial charge in [0, 0.05) is 50.8 Å². The maximum absolute atomic E-state index is 10.6. The standard InChI is InChI=1S/C20H24N4OS.2C2HF3O2/c1-15-3-5-16(6-4-15)17-13-26-20-18(17)19(21-14-22-20)24-9-7-23(8-10-24)11-12-25-2;2*3-2(4,5)1(6)7/h3-6,13-14H,7-12H2,1-2H3;2*(H,6,7). The molecule has 0 spiro atoms. The number of methoxy groups -OCH3 is 1. The highest BCUT2D eigenvalue weighted by atomic mass is 32.1. The minimum absolute atomic E-state index is 0.792.